The van der Waals surface area contributed by atoms with E-state index in [0.29, 0.717) is 37.1 Å². The number of rotatable bonds is 3. The van der Waals surface area contributed by atoms with Crippen LogP contribution in [0.25, 0.3) is 5.65 Å². The van der Waals surface area contributed by atoms with Crippen LogP contribution in [0.3, 0.4) is 0 Å². The van der Waals surface area contributed by atoms with E-state index >= 15 is 0 Å². The van der Waals surface area contributed by atoms with E-state index in [-0.39, 0.29) is 17.2 Å². The zero-order valence-electron chi connectivity index (χ0n) is 13.5. The quantitative estimate of drug-likeness (QED) is 0.920. The largest absolute Gasteiger partial charge is 0.359 e. The second-order valence-electron chi connectivity index (χ2n) is 5.99. The van der Waals surface area contributed by atoms with Gasteiger partial charge in [0.25, 0.3) is 5.91 Å². The number of carbonyl (C=O) groups is 2. The lowest BCUT2D eigenvalue weighted by atomic mass is 9.75. The number of hydrogen-bond donors (Lipinski definition) is 1. The van der Waals surface area contributed by atoms with Gasteiger partial charge in [-0.05, 0) is 31.4 Å². The zero-order valence-corrected chi connectivity index (χ0v) is 13.5. The van der Waals surface area contributed by atoms with Gasteiger partial charge in [0.2, 0.25) is 5.91 Å². The van der Waals surface area contributed by atoms with Crippen LogP contribution in [0.2, 0.25) is 0 Å². The number of hydrogen-bond acceptors (Lipinski definition) is 4. The van der Waals surface area contributed by atoms with Gasteiger partial charge in [-0.25, -0.2) is 0 Å². The van der Waals surface area contributed by atoms with Crippen LogP contribution in [-0.4, -0.2) is 51.4 Å². The number of amides is 2. The molecule has 2 aromatic heterocycles. The van der Waals surface area contributed by atoms with Crippen LogP contribution in [-0.2, 0) is 4.79 Å². The standard InChI is InChI=1S/C16H21N5O2/c1-3-16(15(23)17-2)6-9-20(10-7-16)14(22)12-5-4-8-21-11-18-19-13(12)21/h4-5,8,11H,3,6-7,9-10H2,1-2H3,(H,17,23). The third-order valence-electron chi connectivity index (χ3n) is 4.95. The Morgan fingerprint density at radius 2 is 2.09 bits per heavy atom. The van der Waals surface area contributed by atoms with Gasteiger partial charge in [-0.1, -0.05) is 6.92 Å². The van der Waals surface area contributed by atoms with Crippen molar-refractivity contribution in [1.29, 1.82) is 0 Å². The number of fused-ring (bicyclic) bond motifs is 1. The average Bonchev–Trinajstić information content (AvgIpc) is 3.09. The van der Waals surface area contributed by atoms with Gasteiger partial charge < -0.3 is 10.2 Å². The smallest absolute Gasteiger partial charge is 0.257 e. The highest BCUT2D eigenvalue weighted by Gasteiger charge is 2.40. The Morgan fingerprint density at radius 3 is 2.74 bits per heavy atom. The molecule has 2 amide bonds. The first-order valence-corrected chi connectivity index (χ1v) is 7.91. The molecule has 7 nitrogen and oxygen atoms in total. The van der Waals surface area contributed by atoms with Crippen LogP contribution in [0.15, 0.2) is 24.7 Å². The van der Waals surface area contributed by atoms with Gasteiger partial charge in [-0.3, -0.25) is 14.0 Å². The van der Waals surface area contributed by atoms with Crippen molar-refractivity contribution in [2.75, 3.05) is 20.1 Å². The SMILES string of the molecule is CCC1(C(=O)NC)CCN(C(=O)c2cccn3cnnc23)CC1. The molecule has 0 atom stereocenters. The van der Waals surface area contributed by atoms with Crippen molar-refractivity contribution in [3.8, 4) is 0 Å². The van der Waals surface area contributed by atoms with Crippen LogP contribution in [0, 0.1) is 5.41 Å². The predicted octanol–water partition coefficient (Wildman–Crippen LogP) is 1.11. The van der Waals surface area contributed by atoms with E-state index < -0.39 is 0 Å². The van der Waals surface area contributed by atoms with Crippen molar-refractivity contribution < 1.29 is 9.59 Å². The molecule has 0 saturated carbocycles. The summed E-state index contributed by atoms with van der Waals surface area (Å²) in [5, 5.41) is 10.6. The Morgan fingerprint density at radius 1 is 1.35 bits per heavy atom. The van der Waals surface area contributed by atoms with Gasteiger partial charge in [0.1, 0.15) is 6.33 Å². The maximum atomic E-state index is 12.8. The molecule has 7 heteroatoms. The molecule has 1 fully saturated rings. The topological polar surface area (TPSA) is 79.6 Å². The van der Waals surface area contributed by atoms with Crippen LogP contribution >= 0.6 is 0 Å². The maximum absolute atomic E-state index is 12.8. The lowest BCUT2D eigenvalue weighted by Gasteiger charge is -2.39. The fraction of sp³-hybridized carbons (Fsp3) is 0.500. The Labute approximate surface area is 134 Å². The summed E-state index contributed by atoms with van der Waals surface area (Å²) in [6, 6.07) is 3.58. The minimum atomic E-state index is -0.355. The van der Waals surface area contributed by atoms with E-state index in [0.717, 1.165) is 6.42 Å². The first-order valence-electron chi connectivity index (χ1n) is 7.91. The minimum absolute atomic E-state index is 0.0507. The molecule has 0 aromatic carbocycles. The molecule has 0 aliphatic carbocycles. The van der Waals surface area contributed by atoms with Crippen LogP contribution in [0.4, 0.5) is 0 Å². The van der Waals surface area contributed by atoms with E-state index in [1.807, 2.05) is 19.2 Å². The number of piperidine rings is 1. The first-order chi connectivity index (χ1) is 11.1. The fourth-order valence-corrected chi connectivity index (χ4v) is 3.33. The van der Waals surface area contributed by atoms with Gasteiger partial charge in [-0.15, -0.1) is 10.2 Å². The number of aromatic nitrogens is 3. The van der Waals surface area contributed by atoms with E-state index in [4.69, 9.17) is 0 Å². The highest BCUT2D eigenvalue weighted by Crippen LogP contribution is 2.35. The normalized spacial score (nSPS) is 17.2. The van der Waals surface area contributed by atoms with Crippen molar-refractivity contribution in [3.05, 3.63) is 30.2 Å². The molecule has 1 aliphatic heterocycles. The Hall–Kier alpha value is -2.44. The van der Waals surface area contributed by atoms with Gasteiger partial charge in [0, 0.05) is 26.3 Å². The summed E-state index contributed by atoms with van der Waals surface area (Å²) in [5.41, 5.74) is 0.761. The second-order valence-corrected chi connectivity index (χ2v) is 5.99. The summed E-state index contributed by atoms with van der Waals surface area (Å²) in [7, 11) is 1.67. The van der Waals surface area contributed by atoms with Crippen molar-refractivity contribution in [2.24, 2.45) is 5.41 Å². The molecule has 1 saturated heterocycles. The molecule has 1 N–H and O–H groups in total. The third-order valence-corrected chi connectivity index (χ3v) is 4.95. The second kappa shape index (κ2) is 5.98. The first kappa shape index (κ1) is 15.5. The van der Waals surface area contributed by atoms with Crippen LogP contribution in [0.1, 0.15) is 36.5 Å². The van der Waals surface area contributed by atoms with Crippen molar-refractivity contribution in [1.82, 2.24) is 24.8 Å². The molecule has 23 heavy (non-hydrogen) atoms. The summed E-state index contributed by atoms with van der Waals surface area (Å²) >= 11 is 0. The number of likely N-dealkylation sites (tertiary alicyclic amines) is 1. The zero-order chi connectivity index (χ0) is 16.4. The van der Waals surface area contributed by atoms with Gasteiger partial charge in [0.05, 0.1) is 11.0 Å². The predicted molar refractivity (Wildman–Crippen MR) is 84.9 cm³/mol. The molecule has 1 aliphatic rings. The molecular formula is C16H21N5O2. The number of nitrogens with zero attached hydrogens (tertiary/aromatic N) is 4. The van der Waals surface area contributed by atoms with Gasteiger partial charge in [-0.2, -0.15) is 0 Å². The highest BCUT2D eigenvalue weighted by molar-refractivity contribution is 5.99. The molecule has 0 spiro atoms. The van der Waals surface area contributed by atoms with E-state index in [1.54, 1.807) is 28.7 Å². The summed E-state index contributed by atoms with van der Waals surface area (Å²) < 4.78 is 1.73. The molecule has 2 aromatic rings. The lowest BCUT2D eigenvalue weighted by molar-refractivity contribution is -0.133. The van der Waals surface area contributed by atoms with Gasteiger partial charge in [0.15, 0.2) is 5.65 Å². The minimum Gasteiger partial charge on any atom is -0.359 e. The number of pyridine rings is 1. The number of nitrogens with one attached hydrogen (secondary N) is 1. The lowest BCUT2D eigenvalue weighted by Crippen LogP contribution is -2.49. The monoisotopic (exact) mass is 315 g/mol. The molecule has 0 bridgehead atoms. The Kier molecular flexibility index (Phi) is 4.02. The van der Waals surface area contributed by atoms with E-state index in [2.05, 4.69) is 15.5 Å². The summed E-state index contributed by atoms with van der Waals surface area (Å²) in [6.07, 6.45) is 5.55. The number of carbonyl (C=O) groups excluding carboxylic acids is 2. The van der Waals surface area contributed by atoms with Crippen molar-refractivity contribution >= 4 is 17.5 Å². The summed E-state index contributed by atoms with van der Waals surface area (Å²) in [6.45, 7) is 3.19. The molecule has 0 radical (unpaired) electrons. The van der Waals surface area contributed by atoms with Crippen LogP contribution in [0.5, 0.6) is 0 Å². The molecular weight excluding hydrogens is 294 g/mol. The van der Waals surface area contributed by atoms with Gasteiger partial charge >= 0.3 is 0 Å². The Balaban J connectivity index is 1.78. The Bertz CT molecular complexity index is 731. The molecule has 3 rings (SSSR count). The fourth-order valence-electron chi connectivity index (χ4n) is 3.33. The van der Waals surface area contributed by atoms with Crippen molar-refractivity contribution in [2.45, 2.75) is 26.2 Å². The summed E-state index contributed by atoms with van der Waals surface area (Å²) in [5.74, 6) is 0.0249. The maximum Gasteiger partial charge on any atom is 0.257 e. The van der Waals surface area contributed by atoms with E-state index in [1.165, 1.54) is 0 Å². The summed E-state index contributed by atoms with van der Waals surface area (Å²) in [4.78, 5) is 26.8. The average molecular weight is 315 g/mol. The molecule has 0 unspecified atom stereocenters. The highest BCUT2D eigenvalue weighted by atomic mass is 16.2. The van der Waals surface area contributed by atoms with E-state index in [9.17, 15) is 9.59 Å². The molecule has 122 valence electrons. The third kappa shape index (κ3) is 2.56. The van der Waals surface area contributed by atoms with Crippen molar-refractivity contribution in [3.63, 3.8) is 0 Å². The van der Waals surface area contributed by atoms with Crippen LogP contribution < -0.4 is 5.32 Å². The molecule has 3 heterocycles.